The van der Waals surface area contributed by atoms with Crippen LogP contribution in [0.4, 0.5) is 13.2 Å². The molecular formula is C12H11BrClF3O. The van der Waals surface area contributed by atoms with Crippen molar-refractivity contribution in [2.45, 2.75) is 20.0 Å². The van der Waals surface area contributed by atoms with Crippen molar-refractivity contribution in [3.63, 3.8) is 0 Å². The highest BCUT2D eigenvalue weighted by Crippen LogP contribution is 2.36. The molecule has 1 nitrogen and oxygen atoms in total. The smallest absolute Gasteiger partial charge is 0.294 e. The molecule has 0 saturated heterocycles. The van der Waals surface area contributed by atoms with Crippen molar-refractivity contribution in [1.82, 2.24) is 0 Å². The predicted molar refractivity (Wildman–Crippen MR) is 68.0 cm³/mol. The monoisotopic (exact) mass is 342 g/mol. The number of hydrogen-bond donors (Lipinski definition) is 0. The lowest BCUT2D eigenvalue weighted by Gasteiger charge is -2.20. The maximum Gasteiger partial charge on any atom is 0.417 e. The van der Waals surface area contributed by atoms with Crippen LogP contribution in [0.2, 0.25) is 0 Å². The molecule has 1 rings (SSSR count). The Labute approximate surface area is 116 Å². The second kappa shape index (κ2) is 5.21. The van der Waals surface area contributed by atoms with Crippen LogP contribution in [0.15, 0.2) is 22.7 Å². The van der Waals surface area contributed by atoms with Crippen molar-refractivity contribution in [2.24, 2.45) is 5.41 Å². The molecule has 0 spiro atoms. The van der Waals surface area contributed by atoms with E-state index in [1.807, 2.05) is 0 Å². The van der Waals surface area contributed by atoms with Gasteiger partial charge in [0, 0.05) is 21.3 Å². The van der Waals surface area contributed by atoms with Gasteiger partial charge in [-0.25, -0.2) is 0 Å². The summed E-state index contributed by atoms with van der Waals surface area (Å²) in [6.45, 7) is 3.19. The van der Waals surface area contributed by atoms with Crippen LogP contribution in [-0.2, 0) is 6.18 Å². The van der Waals surface area contributed by atoms with Crippen molar-refractivity contribution in [3.8, 4) is 0 Å². The van der Waals surface area contributed by atoms with Gasteiger partial charge in [-0.1, -0.05) is 35.8 Å². The zero-order valence-corrected chi connectivity index (χ0v) is 12.1. The molecule has 0 aliphatic rings. The fourth-order valence-electron chi connectivity index (χ4n) is 1.34. The van der Waals surface area contributed by atoms with Crippen LogP contribution in [0.5, 0.6) is 0 Å². The molecule has 0 aliphatic heterocycles. The molecule has 1 aromatic rings. The van der Waals surface area contributed by atoms with Crippen molar-refractivity contribution in [1.29, 1.82) is 0 Å². The van der Waals surface area contributed by atoms with Crippen LogP contribution in [0.1, 0.15) is 29.8 Å². The number of ketones is 1. The molecule has 0 radical (unpaired) electrons. The molecule has 18 heavy (non-hydrogen) atoms. The first-order valence-corrected chi connectivity index (χ1v) is 6.40. The fraction of sp³-hybridized carbons (Fsp3) is 0.417. The molecule has 0 atom stereocenters. The minimum absolute atomic E-state index is 0.0103. The second-order valence-corrected chi connectivity index (χ2v) is 5.66. The van der Waals surface area contributed by atoms with Gasteiger partial charge in [-0.2, -0.15) is 13.2 Å². The lowest BCUT2D eigenvalue weighted by Crippen LogP contribution is -2.26. The second-order valence-electron chi connectivity index (χ2n) is 4.54. The van der Waals surface area contributed by atoms with E-state index in [1.54, 1.807) is 13.8 Å². The van der Waals surface area contributed by atoms with Gasteiger partial charge in [0.1, 0.15) is 0 Å². The van der Waals surface area contributed by atoms with Gasteiger partial charge in [0.05, 0.1) is 5.56 Å². The van der Waals surface area contributed by atoms with E-state index in [-0.39, 0.29) is 15.9 Å². The van der Waals surface area contributed by atoms with Crippen LogP contribution in [0.25, 0.3) is 0 Å². The summed E-state index contributed by atoms with van der Waals surface area (Å²) in [4.78, 5) is 12.0. The number of hydrogen-bond acceptors (Lipinski definition) is 1. The van der Waals surface area contributed by atoms with E-state index in [4.69, 9.17) is 11.6 Å². The molecule has 1 aromatic carbocycles. The Bertz CT molecular complexity index is 469. The van der Waals surface area contributed by atoms with Gasteiger partial charge >= 0.3 is 6.18 Å². The van der Waals surface area contributed by atoms with Crippen LogP contribution in [0, 0.1) is 5.41 Å². The third-order valence-corrected chi connectivity index (χ3v) is 3.84. The van der Waals surface area contributed by atoms with E-state index in [0.29, 0.717) is 0 Å². The average molecular weight is 344 g/mol. The molecule has 0 bridgehead atoms. The highest BCUT2D eigenvalue weighted by Gasteiger charge is 2.35. The van der Waals surface area contributed by atoms with E-state index >= 15 is 0 Å². The van der Waals surface area contributed by atoms with Crippen LogP contribution < -0.4 is 0 Å². The lowest BCUT2D eigenvalue weighted by molar-refractivity contribution is -0.138. The van der Waals surface area contributed by atoms with Gasteiger partial charge in [-0.05, 0) is 12.1 Å². The fourth-order valence-corrected chi connectivity index (χ4v) is 1.93. The quantitative estimate of drug-likeness (QED) is 0.562. The number of Topliss-reactive ketones (excluding diaryl/α,β-unsaturated/α-hetero) is 1. The number of benzene rings is 1. The standard InChI is InChI=1S/C12H11BrClF3O/c1-11(2,6-14)10(18)7-3-4-9(13)8(5-7)12(15,16)17/h3-5H,6H2,1-2H3. The Hall–Kier alpha value is -0.550. The molecule has 0 saturated carbocycles. The molecule has 0 amide bonds. The highest BCUT2D eigenvalue weighted by molar-refractivity contribution is 9.10. The van der Waals surface area contributed by atoms with E-state index < -0.39 is 22.9 Å². The summed E-state index contributed by atoms with van der Waals surface area (Å²) in [5.41, 5.74) is -1.74. The molecule has 0 N–H and O–H groups in total. The van der Waals surface area contributed by atoms with E-state index in [0.717, 1.165) is 6.07 Å². The molecular weight excluding hydrogens is 332 g/mol. The SMILES string of the molecule is CC(C)(CCl)C(=O)c1ccc(Br)c(C(F)(F)F)c1. The van der Waals surface area contributed by atoms with E-state index in [9.17, 15) is 18.0 Å². The summed E-state index contributed by atoms with van der Waals surface area (Å²) in [5, 5.41) is 0. The van der Waals surface area contributed by atoms with E-state index in [1.165, 1.54) is 12.1 Å². The van der Waals surface area contributed by atoms with Crippen molar-refractivity contribution >= 4 is 33.3 Å². The van der Waals surface area contributed by atoms with Gasteiger partial charge in [-0.15, -0.1) is 11.6 Å². The van der Waals surface area contributed by atoms with Gasteiger partial charge in [0.2, 0.25) is 0 Å². The Balaban J connectivity index is 3.26. The van der Waals surface area contributed by atoms with Crippen molar-refractivity contribution in [3.05, 3.63) is 33.8 Å². The zero-order chi connectivity index (χ0) is 14.1. The van der Waals surface area contributed by atoms with Gasteiger partial charge in [-0.3, -0.25) is 4.79 Å². The lowest BCUT2D eigenvalue weighted by atomic mass is 9.86. The summed E-state index contributed by atoms with van der Waals surface area (Å²) in [6.07, 6.45) is -4.50. The van der Waals surface area contributed by atoms with Crippen molar-refractivity contribution in [2.75, 3.05) is 5.88 Å². The van der Waals surface area contributed by atoms with Crippen molar-refractivity contribution < 1.29 is 18.0 Å². The van der Waals surface area contributed by atoms with Crippen LogP contribution in [-0.4, -0.2) is 11.7 Å². The third kappa shape index (κ3) is 3.26. The minimum Gasteiger partial charge on any atom is -0.294 e. The summed E-state index contributed by atoms with van der Waals surface area (Å²) in [7, 11) is 0. The molecule has 6 heteroatoms. The Kier molecular flexibility index (Phi) is 4.49. The highest BCUT2D eigenvalue weighted by atomic mass is 79.9. The molecule has 0 aliphatic carbocycles. The Morgan fingerprint density at radius 1 is 1.33 bits per heavy atom. The van der Waals surface area contributed by atoms with Gasteiger partial charge < -0.3 is 0 Å². The summed E-state index contributed by atoms with van der Waals surface area (Å²) < 4.78 is 38.0. The molecule has 0 aromatic heterocycles. The maximum absolute atomic E-state index is 12.7. The molecule has 100 valence electrons. The number of carbonyl (C=O) groups is 1. The topological polar surface area (TPSA) is 17.1 Å². The molecule has 0 unspecified atom stereocenters. The number of rotatable bonds is 3. The van der Waals surface area contributed by atoms with Crippen LogP contribution in [0.3, 0.4) is 0 Å². The third-order valence-electron chi connectivity index (χ3n) is 2.48. The normalized spacial score (nSPS) is 12.6. The summed E-state index contributed by atoms with van der Waals surface area (Å²) in [5.74, 6) is -0.362. The van der Waals surface area contributed by atoms with E-state index in [2.05, 4.69) is 15.9 Å². The Morgan fingerprint density at radius 3 is 2.33 bits per heavy atom. The minimum atomic E-state index is -4.50. The van der Waals surface area contributed by atoms with Gasteiger partial charge in [0.15, 0.2) is 5.78 Å². The number of carbonyl (C=O) groups excluding carboxylic acids is 1. The maximum atomic E-state index is 12.7. The molecule has 0 heterocycles. The van der Waals surface area contributed by atoms with Gasteiger partial charge in [0.25, 0.3) is 0 Å². The first kappa shape index (κ1) is 15.5. The summed E-state index contributed by atoms with van der Waals surface area (Å²) >= 11 is 8.47. The first-order chi connectivity index (χ1) is 8.09. The van der Waals surface area contributed by atoms with Crippen LogP contribution >= 0.6 is 27.5 Å². The number of halogens is 5. The largest absolute Gasteiger partial charge is 0.417 e. The molecule has 0 fully saturated rings. The predicted octanol–water partition coefficient (Wildman–Crippen LogP) is 4.92. The summed E-state index contributed by atoms with van der Waals surface area (Å²) in [6, 6.07) is 3.43. The Morgan fingerprint density at radius 2 is 1.89 bits per heavy atom. The zero-order valence-electron chi connectivity index (χ0n) is 9.74. The average Bonchev–Trinajstić information content (AvgIpc) is 2.27. The first-order valence-electron chi connectivity index (χ1n) is 5.07. The number of alkyl halides is 4.